The summed E-state index contributed by atoms with van der Waals surface area (Å²) in [5.74, 6) is 1.06. The summed E-state index contributed by atoms with van der Waals surface area (Å²) in [5.41, 5.74) is 3.57. The number of fused-ring (bicyclic) bond motifs is 1. The van der Waals surface area contributed by atoms with Crippen molar-refractivity contribution < 1.29 is 14.3 Å². The van der Waals surface area contributed by atoms with Crippen molar-refractivity contribution in [3.63, 3.8) is 0 Å². The topological polar surface area (TPSA) is 60.5 Å². The van der Waals surface area contributed by atoms with Gasteiger partial charge in [0.25, 0.3) is 5.91 Å². The van der Waals surface area contributed by atoms with Crippen molar-refractivity contribution in [3.05, 3.63) is 81.9 Å². The number of carbonyl (C=O) groups is 1. The number of aromatic nitrogens is 1. The largest absolute Gasteiger partial charge is 0.493 e. The van der Waals surface area contributed by atoms with Crippen molar-refractivity contribution in [1.82, 2.24) is 4.98 Å². The number of carbonyl (C=O) groups excluding carboxylic acids is 1. The number of nitrogens with one attached hydrogen (secondary N) is 1. The number of benzene rings is 3. The maximum absolute atomic E-state index is 13.1. The summed E-state index contributed by atoms with van der Waals surface area (Å²) in [7, 11) is 3.19. The SMILES string of the molecule is COc1ccc(-c2cc(C(=O)Nc3ccc(I)cc3)c3ccccc3n2)cc1OC. The van der Waals surface area contributed by atoms with Gasteiger partial charge in [0, 0.05) is 20.2 Å². The minimum Gasteiger partial charge on any atom is -0.493 e. The van der Waals surface area contributed by atoms with Gasteiger partial charge in [0.05, 0.1) is 31.0 Å². The van der Waals surface area contributed by atoms with E-state index in [0.717, 1.165) is 25.7 Å². The first-order chi connectivity index (χ1) is 14.6. The molecule has 0 aliphatic carbocycles. The molecule has 1 N–H and O–H groups in total. The van der Waals surface area contributed by atoms with E-state index in [9.17, 15) is 4.79 Å². The summed E-state index contributed by atoms with van der Waals surface area (Å²) in [6, 6.07) is 22.7. The van der Waals surface area contributed by atoms with Crippen molar-refractivity contribution in [2.75, 3.05) is 19.5 Å². The third-order valence-electron chi connectivity index (χ3n) is 4.74. The summed E-state index contributed by atoms with van der Waals surface area (Å²) >= 11 is 2.23. The molecule has 0 atom stereocenters. The number of hydrogen-bond acceptors (Lipinski definition) is 4. The summed E-state index contributed by atoms with van der Waals surface area (Å²) in [6.45, 7) is 0. The molecule has 6 heteroatoms. The highest BCUT2D eigenvalue weighted by Crippen LogP contribution is 2.33. The zero-order valence-corrected chi connectivity index (χ0v) is 18.6. The van der Waals surface area contributed by atoms with Gasteiger partial charge in [-0.25, -0.2) is 4.98 Å². The first-order valence-electron chi connectivity index (χ1n) is 9.28. The average Bonchev–Trinajstić information content (AvgIpc) is 2.79. The van der Waals surface area contributed by atoms with E-state index in [0.29, 0.717) is 22.8 Å². The molecule has 0 unspecified atom stereocenters. The van der Waals surface area contributed by atoms with E-state index in [1.807, 2.05) is 72.8 Å². The molecule has 150 valence electrons. The van der Waals surface area contributed by atoms with Crippen molar-refractivity contribution in [3.8, 4) is 22.8 Å². The number of para-hydroxylation sites is 1. The van der Waals surface area contributed by atoms with Crippen LogP contribution >= 0.6 is 22.6 Å². The fourth-order valence-corrected chi connectivity index (χ4v) is 3.60. The molecule has 4 aromatic rings. The summed E-state index contributed by atoms with van der Waals surface area (Å²) in [6.07, 6.45) is 0. The van der Waals surface area contributed by atoms with Crippen LogP contribution in [0.4, 0.5) is 5.69 Å². The van der Waals surface area contributed by atoms with E-state index in [1.54, 1.807) is 14.2 Å². The normalized spacial score (nSPS) is 10.6. The van der Waals surface area contributed by atoms with Gasteiger partial charge in [0.15, 0.2) is 11.5 Å². The Bertz CT molecular complexity index is 1220. The second kappa shape index (κ2) is 8.71. The van der Waals surface area contributed by atoms with Crippen LogP contribution in [0.1, 0.15) is 10.4 Å². The number of nitrogens with zero attached hydrogens (tertiary/aromatic N) is 1. The lowest BCUT2D eigenvalue weighted by Crippen LogP contribution is -2.13. The Hall–Kier alpha value is -3.13. The van der Waals surface area contributed by atoms with Crippen molar-refractivity contribution >= 4 is 45.1 Å². The molecule has 5 nitrogen and oxygen atoms in total. The molecule has 3 aromatic carbocycles. The highest BCUT2D eigenvalue weighted by atomic mass is 127. The minimum atomic E-state index is -0.184. The van der Waals surface area contributed by atoms with Gasteiger partial charge < -0.3 is 14.8 Å². The molecule has 0 saturated heterocycles. The second-order valence-corrected chi connectivity index (χ2v) is 7.85. The van der Waals surface area contributed by atoms with E-state index >= 15 is 0 Å². The van der Waals surface area contributed by atoms with Crippen LogP contribution in [0.3, 0.4) is 0 Å². The standard InChI is InChI=1S/C24H19IN2O3/c1-29-22-12-7-15(13-23(22)30-2)21-14-19(18-5-3-4-6-20(18)27-21)24(28)26-17-10-8-16(25)9-11-17/h3-14H,1-2H3,(H,26,28). The molecule has 0 saturated carbocycles. The van der Waals surface area contributed by atoms with E-state index in [-0.39, 0.29) is 5.91 Å². The molecule has 0 radical (unpaired) electrons. The highest BCUT2D eigenvalue weighted by molar-refractivity contribution is 14.1. The van der Waals surface area contributed by atoms with E-state index in [2.05, 4.69) is 27.9 Å². The van der Waals surface area contributed by atoms with Gasteiger partial charge in [-0.3, -0.25) is 4.79 Å². The lowest BCUT2D eigenvalue weighted by atomic mass is 10.0. The molecule has 0 aliphatic rings. The van der Waals surface area contributed by atoms with Crippen LogP contribution in [0.25, 0.3) is 22.2 Å². The zero-order chi connectivity index (χ0) is 21.1. The van der Waals surface area contributed by atoms with Gasteiger partial charge in [-0.15, -0.1) is 0 Å². The Labute approximate surface area is 188 Å². The van der Waals surface area contributed by atoms with Crippen LogP contribution < -0.4 is 14.8 Å². The molecule has 4 rings (SSSR count). The fraction of sp³-hybridized carbons (Fsp3) is 0.0833. The Morgan fingerprint density at radius 1 is 0.900 bits per heavy atom. The number of rotatable bonds is 5. The van der Waals surface area contributed by atoms with Crippen LogP contribution in [-0.2, 0) is 0 Å². The minimum absolute atomic E-state index is 0.184. The van der Waals surface area contributed by atoms with Crippen LogP contribution in [-0.4, -0.2) is 25.1 Å². The average molecular weight is 510 g/mol. The predicted octanol–water partition coefficient (Wildman–Crippen LogP) is 5.78. The predicted molar refractivity (Wildman–Crippen MR) is 127 cm³/mol. The molecule has 0 spiro atoms. The quantitative estimate of drug-likeness (QED) is 0.346. The van der Waals surface area contributed by atoms with Crippen LogP contribution in [0.15, 0.2) is 72.8 Å². The Morgan fingerprint density at radius 2 is 1.63 bits per heavy atom. The van der Waals surface area contributed by atoms with Gasteiger partial charge in [0.1, 0.15) is 0 Å². The maximum Gasteiger partial charge on any atom is 0.256 e. The number of amides is 1. The molecular formula is C24H19IN2O3. The van der Waals surface area contributed by atoms with Gasteiger partial charge in [0.2, 0.25) is 0 Å². The second-order valence-electron chi connectivity index (χ2n) is 6.60. The lowest BCUT2D eigenvalue weighted by molar-refractivity contribution is 0.102. The van der Waals surface area contributed by atoms with E-state index < -0.39 is 0 Å². The number of pyridine rings is 1. The van der Waals surface area contributed by atoms with Crippen molar-refractivity contribution in [2.45, 2.75) is 0 Å². The number of hydrogen-bond donors (Lipinski definition) is 1. The van der Waals surface area contributed by atoms with Crippen molar-refractivity contribution in [1.29, 1.82) is 0 Å². The first-order valence-corrected chi connectivity index (χ1v) is 10.4. The molecular weight excluding hydrogens is 491 g/mol. The summed E-state index contributed by atoms with van der Waals surface area (Å²) in [4.78, 5) is 17.9. The Morgan fingerprint density at radius 3 is 2.37 bits per heavy atom. The molecule has 30 heavy (non-hydrogen) atoms. The Kier molecular flexibility index (Phi) is 5.85. The summed E-state index contributed by atoms with van der Waals surface area (Å²) < 4.78 is 11.9. The van der Waals surface area contributed by atoms with Gasteiger partial charge in [-0.1, -0.05) is 18.2 Å². The smallest absolute Gasteiger partial charge is 0.256 e. The molecule has 0 bridgehead atoms. The van der Waals surface area contributed by atoms with Gasteiger partial charge >= 0.3 is 0 Å². The maximum atomic E-state index is 13.1. The molecule has 0 aliphatic heterocycles. The lowest BCUT2D eigenvalue weighted by Gasteiger charge is -2.12. The zero-order valence-electron chi connectivity index (χ0n) is 16.5. The molecule has 1 amide bonds. The van der Waals surface area contributed by atoms with Gasteiger partial charge in [-0.2, -0.15) is 0 Å². The number of ether oxygens (including phenoxy) is 2. The molecule has 1 heterocycles. The van der Waals surface area contributed by atoms with Gasteiger partial charge in [-0.05, 0) is 77.2 Å². The van der Waals surface area contributed by atoms with E-state index in [1.165, 1.54) is 0 Å². The van der Waals surface area contributed by atoms with Crippen molar-refractivity contribution in [2.24, 2.45) is 0 Å². The number of halogens is 1. The number of anilines is 1. The fourth-order valence-electron chi connectivity index (χ4n) is 3.24. The third kappa shape index (κ3) is 4.09. The van der Waals surface area contributed by atoms with Crippen LogP contribution in [0.2, 0.25) is 0 Å². The Balaban J connectivity index is 1.80. The highest BCUT2D eigenvalue weighted by Gasteiger charge is 2.15. The molecule has 1 aromatic heterocycles. The van der Waals surface area contributed by atoms with Crippen LogP contribution in [0, 0.1) is 3.57 Å². The third-order valence-corrected chi connectivity index (χ3v) is 5.46. The van der Waals surface area contributed by atoms with Crippen LogP contribution in [0.5, 0.6) is 11.5 Å². The monoisotopic (exact) mass is 510 g/mol. The first kappa shape index (κ1) is 20.2. The summed E-state index contributed by atoms with van der Waals surface area (Å²) in [5, 5.41) is 3.78. The van der Waals surface area contributed by atoms with E-state index in [4.69, 9.17) is 14.5 Å². The molecule has 0 fully saturated rings. The number of methoxy groups -OCH3 is 2.